The van der Waals surface area contributed by atoms with Crippen molar-refractivity contribution < 1.29 is 14.6 Å². The van der Waals surface area contributed by atoms with Gasteiger partial charge < -0.3 is 9.84 Å². The summed E-state index contributed by atoms with van der Waals surface area (Å²) < 4.78 is 6.92. The van der Waals surface area contributed by atoms with Crippen LogP contribution in [0.4, 0.5) is 0 Å². The van der Waals surface area contributed by atoms with E-state index < -0.39 is 11.6 Å². The van der Waals surface area contributed by atoms with Crippen LogP contribution >= 0.6 is 0 Å². The van der Waals surface area contributed by atoms with Gasteiger partial charge in [0.05, 0.1) is 5.69 Å². The lowest BCUT2D eigenvalue weighted by Gasteiger charge is -2.27. The second-order valence-corrected chi connectivity index (χ2v) is 6.97. The van der Waals surface area contributed by atoms with Gasteiger partial charge in [0, 0.05) is 11.8 Å². The number of fused-ring (bicyclic) bond motifs is 1. The third kappa shape index (κ3) is 3.49. The Morgan fingerprint density at radius 1 is 0.967 bits per heavy atom. The molecule has 0 radical (unpaired) electrons. The molecule has 0 spiro atoms. The third-order valence-corrected chi connectivity index (χ3v) is 4.96. The van der Waals surface area contributed by atoms with Crippen LogP contribution in [-0.2, 0) is 21.7 Å². The number of aromatic nitrogens is 2. The number of rotatable bonds is 5. The van der Waals surface area contributed by atoms with Gasteiger partial charge in [-0.15, -0.1) is 0 Å². The maximum Gasteiger partial charge on any atom is 0.348 e. The van der Waals surface area contributed by atoms with Gasteiger partial charge in [-0.2, -0.15) is 0 Å². The molecular weight excluding hydrogens is 380 g/mol. The lowest BCUT2D eigenvalue weighted by Crippen LogP contribution is -2.38. The molecule has 0 atom stereocenters. The molecule has 30 heavy (non-hydrogen) atoms. The van der Waals surface area contributed by atoms with Gasteiger partial charge in [0.15, 0.2) is 0 Å². The molecule has 0 fully saturated rings. The molecular formula is C24H20N2O4. The highest BCUT2D eigenvalue weighted by Crippen LogP contribution is 2.31. The molecule has 0 aliphatic rings. The maximum atomic E-state index is 13.1. The van der Waals surface area contributed by atoms with E-state index in [9.17, 15) is 14.7 Å². The number of nitrogens with zero attached hydrogens (tertiary/aromatic N) is 2. The molecule has 2 aromatic heterocycles. The molecule has 0 amide bonds. The van der Waals surface area contributed by atoms with Gasteiger partial charge in [-0.1, -0.05) is 66.7 Å². The molecule has 0 saturated heterocycles. The van der Waals surface area contributed by atoms with Gasteiger partial charge in [0.25, 0.3) is 5.56 Å². The number of benzene rings is 2. The predicted octanol–water partition coefficient (Wildman–Crippen LogP) is 2.98. The normalized spacial score (nSPS) is 11.4. The van der Waals surface area contributed by atoms with E-state index in [0.717, 1.165) is 5.69 Å². The molecule has 150 valence electrons. The molecule has 2 heterocycles. The minimum atomic E-state index is -1.98. The Labute approximate surface area is 173 Å². The van der Waals surface area contributed by atoms with E-state index in [1.54, 1.807) is 72.8 Å². The summed E-state index contributed by atoms with van der Waals surface area (Å²) in [4.78, 5) is 29.9. The second kappa shape index (κ2) is 7.93. The van der Waals surface area contributed by atoms with Crippen LogP contribution in [0.5, 0.6) is 0 Å². The topological polar surface area (TPSA) is 80.9 Å². The smallest absolute Gasteiger partial charge is 0.348 e. The number of carbonyl (C=O) groups excluding carboxylic acids is 1. The van der Waals surface area contributed by atoms with Crippen LogP contribution < -0.4 is 5.56 Å². The van der Waals surface area contributed by atoms with E-state index in [2.05, 4.69) is 4.98 Å². The Kier molecular flexibility index (Phi) is 5.16. The van der Waals surface area contributed by atoms with Crippen molar-refractivity contribution >= 4 is 11.6 Å². The maximum absolute atomic E-state index is 13.1. The van der Waals surface area contributed by atoms with Crippen LogP contribution in [0.2, 0.25) is 0 Å². The molecule has 4 aromatic rings. The highest BCUT2D eigenvalue weighted by molar-refractivity contribution is 5.85. The highest BCUT2D eigenvalue weighted by Gasteiger charge is 2.41. The van der Waals surface area contributed by atoms with Crippen molar-refractivity contribution in [2.24, 2.45) is 0 Å². The lowest BCUT2D eigenvalue weighted by atomic mass is 9.86. The number of esters is 1. The van der Waals surface area contributed by atoms with E-state index in [-0.39, 0.29) is 12.2 Å². The number of ether oxygens (including phenoxy) is 1. The Hall–Kier alpha value is -3.77. The van der Waals surface area contributed by atoms with E-state index in [4.69, 9.17) is 4.74 Å². The van der Waals surface area contributed by atoms with Crippen LogP contribution in [0.1, 0.15) is 22.5 Å². The summed E-state index contributed by atoms with van der Waals surface area (Å²) in [5.41, 5.74) is 0.0797. The van der Waals surface area contributed by atoms with Crippen LogP contribution in [0.25, 0.3) is 5.65 Å². The van der Waals surface area contributed by atoms with Gasteiger partial charge >= 0.3 is 5.97 Å². The molecule has 0 aliphatic carbocycles. The van der Waals surface area contributed by atoms with Crippen molar-refractivity contribution in [3.05, 3.63) is 118 Å². The molecule has 0 bridgehead atoms. The fourth-order valence-electron chi connectivity index (χ4n) is 3.44. The Balaban J connectivity index is 1.66. The second-order valence-electron chi connectivity index (χ2n) is 6.97. The third-order valence-electron chi connectivity index (χ3n) is 4.96. The summed E-state index contributed by atoms with van der Waals surface area (Å²) in [5.74, 6) is -0.842. The van der Waals surface area contributed by atoms with Gasteiger partial charge in [-0.25, -0.2) is 9.78 Å². The number of pyridine rings is 1. The monoisotopic (exact) mass is 400 g/mol. The number of hydrogen-bond acceptors (Lipinski definition) is 5. The minimum Gasteiger partial charge on any atom is -0.457 e. The fraction of sp³-hybridized carbons (Fsp3) is 0.125. The Bertz CT molecular complexity index is 1210. The Morgan fingerprint density at radius 2 is 1.57 bits per heavy atom. The molecule has 0 saturated carbocycles. The molecule has 1 N–H and O–H groups in total. The van der Waals surface area contributed by atoms with Crippen molar-refractivity contribution in [3.63, 3.8) is 0 Å². The van der Waals surface area contributed by atoms with Crippen molar-refractivity contribution in [2.75, 3.05) is 0 Å². The van der Waals surface area contributed by atoms with Gasteiger partial charge in [-0.3, -0.25) is 9.20 Å². The van der Waals surface area contributed by atoms with Crippen LogP contribution in [0, 0.1) is 6.92 Å². The van der Waals surface area contributed by atoms with Crippen LogP contribution in [0.3, 0.4) is 0 Å². The average molecular weight is 400 g/mol. The fourth-order valence-corrected chi connectivity index (χ4v) is 3.44. The SMILES string of the molecule is Cc1cccc2nc(COC(=O)C(O)(c3ccccc3)c3ccccc3)cc(=O)n12. The molecule has 6 nitrogen and oxygen atoms in total. The summed E-state index contributed by atoms with van der Waals surface area (Å²) in [5, 5.41) is 11.4. The van der Waals surface area contributed by atoms with Crippen LogP contribution in [-0.4, -0.2) is 20.5 Å². The zero-order chi connectivity index (χ0) is 21.1. The zero-order valence-electron chi connectivity index (χ0n) is 16.4. The predicted molar refractivity (Wildman–Crippen MR) is 112 cm³/mol. The summed E-state index contributed by atoms with van der Waals surface area (Å²) >= 11 is 0. The van der Waals surface area contributed by atoms with E-state index in [1.165, 1.54) is 10.5 Å². The lowest BCUT2D eigenvalue weighted by molar-refractivity contribution is -0.163. The summed E-state index contributed by atoms with van der Waals surface area (Å²) in [6.45, 7) is 1.58. The first kappa shape index (κ1) is 19.5. The average Bonchev–Trinajstić information content (AvgIpc) is 2.78. The number of aryl methyl sites for hydroxylation is 1. The first-order valence-electron chi connectivity index (χ1n) is 9.49. The molecule has 0 aliphatic heterocycles. The quantitative estimate of drug-likeness (QED) is 0.521. The largest absolute Gasteiger partial charge is 0.457 e. The van der Waals surface area contributed by atoms with E-state index in [0.29, 0.717) is 22.5 Å². The van der Waals surface area contributed by atoms with Gasteiger partial charge in [0.2, 0.25) is 5.60 Å². The van der Waals surface area contributed by atoms with E-state index >= 15 is 0 Å². The molecule has 4 rings (SSSR count). The summed E-state index contributed by atoms with van der Waals surface area (Å²) in [6, 6.07) is 23.9. The zero-order valence-corrected chi connectivity index (χ0v) is 16.4. The Morgan fingerprint density at radius 3 is 2.17 bits per heavy atom. The summed E-state index contributed by atoms with van der Waals surface area (Å²) in [6.07, 6.45) is 0. The first-order chi connectivity index (χ1) is 14.5. The molecule has 0 unspecified atom stereocenters. The number of carbonyl (C=O) groups is 1. The van der Waals surface area contributed by atoms with Gasteiger partial charge in [0.1, 0.15) is 12.3 Å². The number of aliphatic hydroxyl groups is 1. The van der Waals surface area contributed by atoms with Crippen molar-refractivity contribution in [1.82, 2.24) is 9.38 Å². The highest BCUT2D eigenvalue weighted by atomic mass is 16.5. The van der Waals surface area contributed by atoms with Crippen LogP contribution in [0.15, 0.2) is 89.7 Å². The van der Waals surface area contributed by atoms with E-state index in [1.807, 2.05) is 13.0 Å². The standard InChI is InChI=1S/C24H20N2O4/c1-17-9-8-14-21-25-20(15-22(27)26(17)21)16-30-23(28)24(29,18-10-4-2-5-11-18)19-12-6-3-7-13-19/h2-15,29H,16H2,1H3. The molecule has 6 heteroatoms. The van der Waals surface area contributed by atoms with Crippen molar-refractivity contribution in [2.45, 2.75) is 19.1 Å². The van der Waals surface area contributed by atoms with Crippen molar-refractivity contribution in [3.8, 4) is 0 Å². The molecule has 2 aromatic carbocycles. The minimum absolute atomic E-state index is 0.236. The van der Waals surface area contributed by atoms with Gasteiger partial charge in [-0.05, 0) is 30.2 Å². The van der Waals surface area contributed by atoms with Crippen molar-refractivity contribution in [1.29, 1.82) is 0 Å². The number of hydrogen-bond donors (Lipinski definition) is 1. The summed E-state index contributed by atoms with van der Waals surface area (Å²) in [7, 11) is 0. The first-order valence-corrected chi connectivity index (χ1v) is 9.49.